The predicted molar refractivity (Wildman–Crippen MR) is 55.4 cm³/mol. The summed E-state index contributed by atoms with van der Waals surface area (Å²) >= 11 is 5.80. The molecule has 0 radical (unpaired) electrons. The third-order valence-electron chi connectivity index (χ3n) is 1.99. The Morgan fingerprint density at radius 2 is 2.14 bits per heavy atom. The molecular formula is C10H8ClNO2. The van der Waals surface area contributed by atoms with Crippen LogP contribution in [0.2, 0.25) is 5.02 Å². The number of benzene rings is 1. The van der Waals surface area contributed by atoms with Crippen molar-refractivity contribution in [1.29, 1.82) is 0 Å². The van der Waals surface area contributed by atoms with Crippen molar-refractivity contribution >= 4 is 22.6 Å². The van der Waals surface area contributed by atoms with Gasteiger partial charge < -0.3 is 10.2 Å². The first-order valence-corrected chi connectivity index (χ1v) is 4.51. The molecule has 0 unspecified atom stereocenters. The van der Waals surface area contributed by atoms with Crippen LogP contribution in [0.1, 0.15) is 5.56 Å². The van der Waals surface area contributed by atoms with Crippen molar-refractivity contribution in [3.63, 3.8) is 0 Å². The van der Waals surface area contributed by atoms with Gasteiger partial charge in [-0.2, -0.15) is 0 Å². The van der Waals surface area contributed by atoms with Crippen molar-refractivity contribution in [3.05, 3.63) is 45.3 Å². The predicted octanol–water partition coefficient (Wildman–Crippen LogP) is 1.91. The maximum absolute atomic E-state index is 11.3. The molecule has 0 atom stereocenters. The summed E-state index contributed by atoms with van der Waals surface area (Å²) in [5.41, 5.74) is 5.98. The van der Waals surface area contributed by atoms with Gasteiger partial charge in [-0.25, -0.2) is 4.79 Å². The Balaban J connectivity index is 2.80. The molecule has 0 saturated heterocycles. The van der Waals surface area contributed by atoms with Crippen LogP contribution in [0.3, 0.4) is 0 Å². The van der Waals surface area contributed by atoms with E-state index in [0.717, 1.165) is 5.39 Å². The molecule has 0 spiro atoms. The highest BCUT2D eigenvalue weighted by Crippen LogP contribution is 2.18. The van der Waals surface area contributed by atoms with Crippen LogP contribution in [0, 0.1) is 0 Å². The summed E-state index contributed by atoms with van der Waals surface area (Å²) in [6.07, 6.45) is 0. The van der Waals surface area contributed by atoms with Gasteiger partial charge in [0.25, 0.3) is 0 Å². The average molecular weight is 210 g/mol. The summed E-state index contributed by atoms with van der Waals surface area (Å²) in [5.74, 6) is 0. The van der Waals surface area contributed by atoms with E-state index < -0.39 is 0 Å². The van der Waals surface area contributed by atoms with Crippen LogP contribution in [0.5, 0.6) is 0 Å². The van der Waals surface area contributed by atoms with E-state index in [1.54, 1.807) is 24.3 Å². The van der Waals surface area contributed by atoms with Crippen LogP contribution < -0.4 is 11.4 Å². The fourth-order valence-corrected chi connectivity index (χ4v) is 1.46. The fraction of sp³-hybridized carbons (Fsp3) is 0.100. The lowest BCUT2D eigenvalue weighted by Crippen LogP contribution is -2.11. The molecule has 1 aromatic heterocycles. The molecule has 2 rings (SSSR count). The molecular weight excluding hydrogens is 202 g/mol. The SMILES string of the molecule is NCc1cc2cc(Cl)ccc2oc1=O. The quantitative estimate of drug-likeness (QED) is 0.730. The number of halogens is 1. The lowest BCUT2D eigenvalue weighted by atomic mass is 10.2. The zero-order valence-corrected chi connectivity index (χ0v) is 8.04. The fourth-order valence-electron chi connectivity index (χ4n) is 1.28. The second-order valence-electron chi connectivity index (χ2n) is 2.95. The molecule has 3 nitrogen and oxygen atoms in total. The van der Waals surface area contributed by atoms with Crippen LogP contribution in [-0.4, -0.2) is 0 Å². The second kappa shape index (κ2) is 3.44. The Labute approximate surface area is 85.1 Å². The highest BCUT2D eigenvalue weighted by atomic mass is 35.5. The molecule has 14 heavy (non-hydrogen) atoms. The minimum Gasteiger partial charge on any atom is -0.422 e. The minimum atomic E-state index is -0.387. The largest absolute Gasteiger partial charge is 0.422 e. The van der Waals surface area contributed by atoms with E-state index >= 15 is 0 Å². The first kappa shape index (κ1) is 9.24. The van der Waals surface area contributed by atoms with E-state index in [-0.39, 0.29) is 12.2 Å². The average Bonchev–Trinajstić information content (AvgIpc) is 2.17. The Morgan fingerprint density at radius 3 is 2.86 bits per heavy atom. The normalized spacial score (nSPS) is 10.7. The van der Waals surface area contributed by atoms with Gasteiger partial charge in [-0.15, -0.1) is 0 Å². The maximum atomic E-state index is 11.3. The summed E-state index contributed by atoms with van der Waals surface area (Å²) in [6, 6.07) is 6.78. The lowest BCUT2D eigenvalue weighted by Gasteiger charge is -1.99. The summed E-state index contributed by atoms with van der Waals surface area (Å²) < 4.78 is 5.04. The Morgan fingerprint density at radius 1 is 1.36 bits per heavy atom. The number of nitrogens with two attached hydrogens (primary N) is 1. The Bertz CT molecular complexity index is 533. The van der Waals surface area contributed by atoms with Gasteiger partial charge in [0, 0.05) is 17.0 Å². The van der Waals surface area contributed by atoms with Crippen LogP contribution >= 0.6 is 11.6 Å². The number of fused-ring (bicyclic) bond motifs is 1. The van der Waals surface area contributed by atoms with Crippen molar-refractivity contribution in [1.82, 2.24) is 0 Å². The zero-order chi connectivity index (χ0) is 10.1. The monoisotopic (exact) mass is 209 g/mol. The van der Waals surface area contributed by atoms with Gasteiger partial charge in [0.05, 0.1) is 5.56 Å². The van der Waals surface area contributed by atoms with Crippen LogP contribution in [-0.2, 0) is 6.54 Å². The van der Waals surface area contributed by atoms with Crippen molar-refractivity contribution in [3.8, 4) is 0 Å². The molecule has 0 fully saturated rings. The first-order valence-electron chi connectivity index (χ1n) is 4.13. The Kier molecular flexibility index (Phi) is 2.27. The zero-order valence-electron chi connectivity index (χ0n) is 7.29. The second-order valence-corrected chi connectivity index (χ2v) is 3.38. The molecule has 0 aliphatic rings. The van der Waals surface area contributed by atoms with E-state index in [1.165, 1.54) is 0 Å². The van der Waals surface area contributed by atoms with Gasteiger partial charge in [-0.3, -0.25) is 0 Å². The maximum Gasteiger partial charge on any atom is 0.340 e. The van der Waals surface area contributed by atoms with E-state index in [0.29, 0.717) is 16.2 Å². The molecule has 1 aromatic carbocycles. The molecule has 0 aliphatic carbocycles. The highest BCUT2D eigenvalue weighted by Gasteiger charge is 2.03. The van der Waals surface area contributed by atoms with Crippen molar-refractivity contribution in [2.24, 2.45) is 5.73 Å². The molecule has 0 amide bonds. The third kappa shape index (κ3) is 1.52. The molecule has 2 aromatic rings. The van der Waals surface area contributed by atoms with Crippen molar-refractivity contribution in [2.45, 2.75) is 6.54 Å². The summed E-state index contributed by atoms with van der Waals surface area (Å²) in [4.78, 5) is 11.3. The molecule has 0 saturated carbocycles. The first-order chi connectivity index (χ1) is 6.70. The van der Waals surface area contributed by atoms with E-state index in [9.17, 15) is 4.79 Å². The number of rotatable bonds is 1. The molecule has 72 valence electrons. The Hall–Kier alpha value is -1.32. The third-order valence-corrected chi connectivity index (χ3v) is 2.22. The smallest absolute Gasteiger partial charge is 0.340 e. The number of hydrogen-bond acceptors (Lipinski definition) is 3. The molecule has 0 aliphatic heterocycles. The van der Waals surface area contributed by atoms with Gasteiger partial charge in [-0.1, -0.05) is 11.6 Å². The van der Waals surface area contributed by atoms with Crippen LogP contribution in [0.4, 0.5) is 0 Å². The lowest BCUT2D eigenvalue weighted by molar-refractivity contribution is 0.550. The van der Waals surface area contributed by atoms with Gasteiger partial charge in [0.15, 0.2) is 0 Å². The van der Waals surface area contributed by atoms with E-state index in [2.05, 4.69) is 0 Å². The van der Waals surface area contributed by atoms with Crippen molar-refractivity contribution in [2.75, 3.05) is 0 Å². The highest BCUT2D eigenvalue weighted by molar-refractivity contribution is 6.31. The van der Waals surface area contributed by atoms with Gasteiger partial charge in [-0.05, 0) is 24.3 Å². The van der Waals surface area contributed by atoms with E-state index in [4.69, 9.17) is 21.8 Å². The summed E-state index contributed by atoms with van der Waals surface area (Å²) in [5, 5.41) is 1.40. The standard InChI is InChI=1S/C10H8ClNO2/c11-8-1-2-9-6(4-8)3-7(5-12)10(13)14-9/h1-4H,5,12H2. The van der Waals surface area contributed by atoms with Crippen LogP contribution in [0.25, 0.3) is 11.0 Å². The molecule has 4 heteroatoms. The van der Waals surface area contributed by atoms with Gasteiger partial charge in [0.1, 0.15) is 5.58 Å². The van der Waals surface area contributed by atoms with Gasteiger partial charge in [0.2, 0.25) is 0 Å². The topological polar surface area (TPSA) is 56.2 Å². The number of hydrogen-bond donors (Lipinski definition) is 1. The molecule has 0 bridgehead atoms. The molecule has 2 N–H and O–H groups in total. The molecule has 1 heterocycles. The van der Waals surface area contributed by atoms with Crippen molar-refractivity contribution < 1.29 is 4.42 Å². The minimum absolute atomic E-state index is 0.171. The van der Waals surface area contributed by atoms with Gasteiger partial charge >= 0.3 is 5.63 Å². The summed E-state index contributed by atoms with van der Waals surface area (Å²) in [7, 11) is 0. The van der Waals surface area contributed by atoms with Crippen LogP contribution in [0.15, 0.2) is 33.5 Å². The van der Waals surface area contributed by atoms with E-state index in [1.807, 2.05) is 0 Å². The summed E-state index contributed by atoms with van der Waals surface area (Å²) in [6.45, 7) is 0.171.